The Morgan fingerprint density at radius 1 is 1.00 bits per heavy atom. The number of rotatable bonds is 6. The van der Waals surface area contributed by atoms with E-state index >= 15 is 0 Å². The number of nitrogens with zero attached hydrogens (tertiary/aromatic N) is 1. The maximum Gasteiger partial charge on any atom is 0.0678 e. The van der Waals surface area contributed by atoms with Gasteiger partial charge in [-0.3, -0.25) is 4.90 Å². The van der Waals surface area contributed by atoms with Gasteiger partial charge in [-0.25, -0.2) is 0 Å². The first-order valence-corrected chi connectivity index (χ1v) is 9.31. The molecule has 1 heterocycles. The molecule has 1 saturated heterocycles. The minimum Gasteiger partial charge on any atom is -0.373 e. The Kier molecular flexibility index (Phi) is 8.76. The van der Waals surface area contributed by atoms with Crippen molar-refractivity contribution in [2.45, 2.75) is 66.1 Å². The summed E-state index contributed by atoms with van der Waals surface area (Å²) < 4.78 is 5.83. The van der Waals surface area contributed by atoms with Crippen molar-refractivity contribution in [2.75, 3.05) is 19.6 Å². The Labute approximate surface area is 155 Å². The second-order valence-electron chi connectivity index (χ2n) is 8.06. The monoisotopic (exact) mass is 353 g/mol. The highest BCUT2D eigenvalue weighted by Crippen LogP contribution is 2.24. The Hall–Kier alpha value is -0.570. The highest BCUT2D eigenvalue weighted by atomic mass is 35.5. The van der Waals surface area contributed by atoms with Crippen LogP contribution in [0.1, 0.15) is 58.6 Å². The lowest BCUT2D eigenvalue weighted by Gasteiger charge is -2.36. The fraction of sp³-hybridized carbons (Fsp3) is 0.714. The van der Waals surface area contributed by atoms with E-state index in [-0.39, 0.29) is 12.4 Å². The van der Waals surface area contributed by atoms with Crippen LogP contribution < -0.4 is 0 Å². The largest absolute Gasteiger partial charge is 0.373 e. The van der Waals surface area contributed by atoms with E-state index in [0.29, 0.717) is 30.0 Å². The lowest BCUT2D eigenvalue weighted by atomic mass is 9.89. The summed E-state index contributed by atoms with van der Waals surface area (Å²) in [5.41, 5.74) is 2.93. The van der Waals surface area contributed by atoms with E-state index < -0.39 is 0 Å². The number of hydrogen-bond acceptors (Lipinski definition) is 2. The van der Waals surface area contributed by atoms with Gasteiger partial charge in [0.25, 0.3) is 0 Å². The van der Waals surface area contributed by atoms with Crippen molar-refractivity contribution in [3.8, 4) is 0 Å². The summed E-state index contributed by atoms with van der Waals surface area (Å²) in [6.45, 7) is 17.0. The Balaban J connectivity index is 0.00000288. The first kappa shape index (κ1) is 21.5. The number of ether oxygens (including phenoxy) is 1. The molecule has 0 spiro atoms. The van der Waals surface area contributed by atoms with Crippen LogP contribution in [0.15, 0.2) is 24.3 Å². The third-order valence-corrected chi connectivity index (χ3v) is 5.15. The summed E-state index contributed by atoms with van der Waals surface area (Å²) in [6, 6.07) is 9.31. The average molecular weight is 354 g/mol. The molecule has 1 aliphatic rings. The van der Waals surface area contributed by atoms with Crippen molar-refractivity contribution in [2.24, 2.45) is 11.8 Å². The highest BCUT2D eigenvalue weighted by Gasteiger charge is 2.23. The van der Waals surface area contributed by atoms with Crippen LogP contribution in [0.3, 0.4) is 0 Å². The predicted octanol–water partition coefficient (Wildman–Crippen LogP) is 5.16. The van der Waals surface area contributed by atoms with Crippen LogP contribution in [0, 0.1) is 11.8 Å². The van der Waals surface area contributed by atoms with Gasteiger partial charge in [0.05, 0.1) is 12.2 Å². The fourth-order valence-electron chi connectivity index (χ4n) is 3.68. The van der Waals surface area contributed by atoms with E-state index in [2.05, 4.69) is 70.7 Å². The molecule has 0 aliphatic carbocycles. The Morgan fingerprint density at radius 2 is 1.54 bits per heavy atom. The topological polar surface area (TPSA) is 12.5 Å². The molecule has 4 atom stereocenters. The van der Waals surface area contributed by atoms with Gasteiger partial charge in [-0.2, -0.15) is 0 Å². The molecule has 1 aromatic carbocycles. The summed E-state index contributed by atoms with van der Waals surface area (Å²) in [5.74, 6) is 2.02. The molecule has 1 aromatic rings. The normalized spacial score (nSPS) is 24.5. The quantitative estimate of drug-likeness (QED) is 0.700. The van der Waals surface area contributed by atoms with Crippen LogP contribution >= 0.6 is 12.4 Å². The zero-order chi connectivity index (χ0) is 17.0. The van der Waals surface area contributed by atoms with E-state index in [1.54, 1.807) is 0 Å². The molecule has 3 heteroatoms. The minimum atomic E-state index is 0. The van der Waals surface area contributed by atoms with E-state index in [9.17, 15) is 0 Å². The molecule has 0 bridgehead atoms. The molecule has 0 amide bonds. The second-order valence-corrected chi connectivity index (χ2v) is 8.06. The van der Waals surface area contributed by atoms with Gasteiger partial charge in [-0.15, -0.1) is 12.4 Å². The smallest absolute Gasteiger partial charge is 0.0678 e. The van der Waals surface area contributed by atoms with E-state index in [1.165, 1.54) is 17.7 Å². The van der Waals surface area contributed by atoms with Crippen LogP contribution in [0.5, 0.6) is 0 Å². The molecule has 0 saturated carbocycles. The number of morpholine rings is 1. The average Bonchev–Trinajstić information content (AvgIpc) is 2.45. The van der Waals surface area contributed by atoms with Crippen molar-refractivity contribution < 1.29 is 4.74 Å². The SMILES string of the molecule is CC(Cc1ccc(C(C)C(C)C)cc1)CN1CC(C)OC(C)C1.Cl. The molecule has 0 aromatic heterocycles. The molecule has 24 heavy (non-hydrogen) atoms. The molecule has 0 N–H and O–H groups in total. The minimum absolute atomic E-state index is 0. The molecule has 1 aliphatic heterocycles. The van der Waals surface area contributed by atoms with Gasteiger partial charge >= 0.3 is 0 Å². The summed E-state index contributed by atoms with van der Waals surface area (Å²) in [4.78, 5) is 2.57. The highest BCUT2D eigenvalue weighted by molar-refractivity contribution is 5.85. The third kappa shape index (κ3) is 6.38. The van der Waals surface area contributed by atoms with E-state index in [0.717, 1.165) is 19.5 Å². The van der Waals surface area contributed by atoms with Crippen molar-refractivity contribution in [3.05, 3.63) is 35.4 Å². The van der Waals surface area contributed by atoms with Crippen molar-refractivity contribution in [3.63, 3.8) is 0 Å². The molecule has 2 rings (SSSR count). The summed E-state index contributed by atoms with van der Waals surface area (Å²) in [7, 11) is 0. The van der Waals surface area contributed by atoms with Gasteiger partial charge in [0.1, 0.15) is 0 Å². The molecule has 138 valence electrons. The lowest BCUT2D eigenvalue weighted by Crippen LogP contribution is -2.47. The number of halogens is 1. The Bertz CT molecular complexity index is 463. The first-order valence-electron chi connectivity index (χ1n) is 9.31. The van der Waals surface area contributed by atoms with E-state index in [4.69, 9.17) is 4.74 Å². The van der Waals surface area contributed by atoms with Gasteiger partial charge < -0.3 is 4.74 Å². The van der Waals surface area contributed by atoms with Gasteiger partial charge in [-0.05, 0) is 49.1 Å². The molecule has 0 radical (unpaired) electrons. The molecular weight excluding hydrogens is 318 g/mol. The Morgan fingerprint density at radius 3 is 2.04 bits per heavy atom. The fourth-order valence-corrected chi connectivity index (χ4v) is 3.68. The van der Waals surface area contributed by atoms with Crippen LogP contribution in [0.2, 0.25) is 0 Å². The van der Waals surface area contributed by atoms with Gasteiger partial charge in [-0.1, -0.05) is 52.0 Å². The second kappa shape index (κ2) is 9.79. The van der Waals surface area contributed by atoms with Crippen molar-refractivity contribution in [1.82, 2.24) is 4.90 Å². The number of benzene rings is 1. The first-order chi connectivity index (χ1) is 10.8. The lowest BCUT2D eigenvalue weighted by molar-refractivity contribution is -0.0708. The summed E-state index contributed by atoms with van der Waals surface area (Å²) in [6.07, 6.45) is 1.89. The summed E-state index contributed by atoms with van der Waals surface area (Å²) >= 11 is 0. The van der Waals surface area contributed by atoms with Gasteiger partial charge in [0, 0.05) is 19.6 Å². The van der Waals surface area contributed by atoms with Crippen LogP contribution in [0.25, 0.3) is 0 Å². The molecular formula is C21H36ClNO. The molecule has 2 nitrogen and oxygen atoms in total. The van der Waals surface area contributed by atoms with Crippen LogP contribution in [-0.4, -0.2) is 36.7 Å². The maximum absolute atomic E-state index is 5.83. The molecule has 1 fully saturated rings. The zero-order valence-electron chi connectivity index (χ0n) is 16.3. The standard InChI is InChI=1S/C21H35NO.ClH/c1-15(2)19(6)21-9-7-20(8-10-21)11-16(3)12-22-13-17(4)23-18(5)14-22;/h7-10,15-19H,11-14H2,1-6H3;1H. The van der Waals surface area contributed by atoms with Crippen LogP contribution in [-0.2, 0) is 11.2 Å². The number of hydrogen-bond donors (Lipinski definition) is 0. The third-order valence-electron chi connectivity index (χ3n) is 5.15. The maximum atomic E-state index is 5.83. The van der Waals surface area contributed by atoms with Crippen LogP contribution in [0.4, 0.5) is 0 Å². The van der Waals surface area contributed by atoms with Crippen molar-refractivity contribution >= 4 is 12.4 Å². The zero-order valence-corrected chi connectivity index (χ0v) is 17.1. The van der Waals surface area contributed by atoms with E-state index in [1.807, 2.05) is 0 Å². The molecule has 4 unspecified atom stereocenters. The van der Waals surface area contributed by atoms with Crippen molar-refractivity contribution in [1.29, 1.82) is 0 Å². The summed E-state index contributed by atoms with van der Waals surface area (Å²) in [5, 5.41) is 0. The van der Waals surface area contributed by atoms with Gasteiger partial charge in [0.15, 0.2) is 0 Å². The van der Waals surface area contributed by atoms with Gasteiger partial charge in [0.2, 0.25) is 0 Å². The predicted molar refractivity (Wildman–Crippen MR) is 106 cm³/mol.